The normalized spacial score (nSPS) is 18.0. The highest BCUT2D eigenvalue weighted by atomic mass is 16.5. The van der Waals surface area contributed by atoms with E-state index in [1.165, 1.54) is 16.8 Å². The van der Waals surface area contributed by atoms with E-state index in [0.717, 1.165) is 50.5 Å². The topological polar surface area (TPSA) is 57.7 Å². The van der Waals surface area contributed by atoms with Crippen LogP contribution in [0.25, 0.3) is 0 Å². The number of hydrogen-bond donors (Lipinski definition) is 1. The number of nitrogens with one attached hydrogen (secondary N) is 1. The van der Waals surface area contributed by atoms with Crippen molar-refractivity contribution in [1.82, 2.24) is 4.98 Å². The van der Waals surface area contributed by atoms with E-state index in [1.807, 2.05) is 12.1 Å². The van der Waals surface area contributed by atoms with Crippen LogP contribution in [0.2, 0.25) is 0 Å². The van der Waals surface area contributed by atoms with Crippen LogP contribution in [0.1, 0.15) is 24.0 Å². The number of ether oxygens (including phenoxy) is 1. The van der Waals surface area contributed by atoms with Crippen molar-refractivity contribution in [3.05, 3.63) is 47.7 Å². The van der Waals surface area contributed by atoms with Crippen LogP contribution in [0.5, 0.6) is 0 Å². The molecule has 2 aliphatic heterocycles. The summed E-state index contributed by atoms with van der Waals surface area (Å²) < 4.78 is 5.33. The van der Waals surface area contributed by atoms with E-state index >= 15 is 0 Å². The first-order chi connectivity index (χ1) is 14.1. The number of carbonyl (C=O) groups excluding carboxylic acids is 1. The maximum absolute atomic E-state index is 12.4. The van der Waals surface area contributed by atoms with Gasteiger partial charge in [0.2, 0.25) is 5.91 Å². The molecule has 1 aromatic carbocycles. The standard InChI is InChI=1S/C23H30N4O2/c1-17-4-3-5-21(18(17)2)26-10-12-27(13-11-26)22-7-6-20(16-24-22)25-23(28)19-8-14-29-15-9-19/h3-7,16,19H,8-15H2,1-2H3,(H,25,28). The summed E-state index contributed by atoms with van der Waals surface area (Å²) >= 11 is 0. The fourth-order valence-corrected chi connectivity index (χ4v) is 4.11. The smallest absolute Gasteiger partial charge is 0.227 e. The van der Waals surface area contributed by atoms with Crippen LogP contribution < -0.4 is 15.1 Å². The summed E-state index contributed by atoms with van der Waals surface area (Å²) in [7, 11) is 0. The van der Waals surface area contributed by atoms with Crippen molar-refractivity contribution < 1.29 is 9.53 Å². The molecule has 0 unspecified atom stereocenters. The second-order valence-corrected chi connectivity index (χ2v) is 7.97. The molecule has 6 nitrogen and oxygen atoms in total. The molecule has 1 aromatic heterocycles. The molecule has 0 bridgehead atoms. The van der Waals surface area contributed by atoms with E-state index in [0.29, 0.717) is 13.2 Å². The number of carbonyl (C=O) groups is 1. The Hall–Kier alpha value is -2.60. The molecule has 2 fully saturated rings. The highest BCUT2D eigenvalue weighted by molar-refractivity contribution is 5.92. The molecule has 0 spiro atoms. The van der Waals surface area contributed by atoms with Gasteiger partial charge in [-0.15, -0.1) is 0 Å². The lowest BCUT2D eigenvalue weighted by atomic mass is 9.99. The van der Waals surface area contributed by atoms with Crippen LogP contribution in [0, 0.1) is 19.8 Å². The van der Waals surface area contributed by atoms with E-state index in [-0.39, 0.29) is 11.8 Å². The van der Waals surface area contributed by atoms with Gasteiger partial charge >= 0.3 is 0 Å². The van der Waals surface area contributed by atoms with Crippen molar-refractivity contribution in [2.45, 2.75) is 26.7 Å². The van der Waals surface area contributed by atoms with Crippen molar-refractivity contribution in [3.8, 4) is 0 Å². The Labute approximate surface area is 172 Å². The lowest BCUT2D eigenvalue weighted by molar-refractivity contribution is -0.122. The fraction of sp³-hybridized carbons (Fsp3) is 0.478. The van der Waals surface area contributed by atoms with Gasteiger partial charge in [0.15, 0.2) is 0 Å². The molecule has 154 valence electrons. The maximum atomic E-state index is 12.4. The van der Waals surface area contributed by atoms with Gasteiger partial charge in [0, 0.05) is 51.0 Å². The minimum absolute atomic E-state index is 0.0431. The van der Waals surface area contributed by atoms with Gasteiger partial charge in [0.25, 0.3) is 0 Å². The number of aryl methyl sites for hydroxylation is 1. The number of hydrogen-bond acceptors (Lipinski definition) is 5. The molecule has 3 heterocycles. The lowest BCUT2D eigenvalue weighted by Gasteiger charge is -2.37. The second kappa shape index (κ2) is 8.82. The van der Waals surface area contributed by atoms with Crippen molar-refractivity contribution in [2.75, 3.05) is 54.5 Å². The van der Waals surface area contributed by atoms with E-state index in [4.69, 9.17) is 4.74 Å². The van der Waals surface area contributed by atoms with Crippen molar-refractivity contribution in [1.29, 1.82) is 0 Å². The Balaban J connectivity index is 1.33. The Morgan fingerprint density at radius 2 is 1.76 bits per heavy atom. The summed E-state index contributed by atoms with van der Waals surface area (Å²) in [6.07, 6.45) is 3.35. The predicted octanol–water partition coefficient (Wildman–Crippen LogP) is 3.39. The number of rotatable bonds is 4. The Kier molecular flexibility index (Phi) is 6.00. The summed E-state index contributed by atoms with van der Waals surface area (Å²) in [5.74, 6) is 1.08. The van der Waals surface area contributed by atoms with Crippen LogP contribution in [0.4, 0.5) is 17.2 Å². The number of pyridine rings is 1. The lowest BCUT2D eigenvalue weighted by Crippen LogP contribution is -2.47. The van der Waals surface area contributed by atoms with E-state index in [2.05, 4.69) is 52.1 Å². The predicted molar refractivity (Wildman–Crippen MR) is 117 cm³/mol. The SMILES string of the molecule is Cc1cccc(N2CCN(c3ccc(NC(=O)C4CCOCC4)cn3)CC2)c1C. The van der Waals surface area contributed by atoms with Gasteiger partial charge < -0.3 is 19.9 Å². The highest BCUT2D eigenvalue weighted by Crippen LogP contribution is 2.25. The van der Waals surface area contributed by atoms with Crippen LogP contribution in [-0.2, 0) is 9.53 Å². The quantitative estimate of drug-likeness (QED) is 0.861. The average molecular weight is 395 g/mol. The molecule has 2 aliphatic rings. The van der Waals surface area contributed by atoms with E-state index in [9.17, 15) is 4.79 Å². The highest BCUT2D eigenvalue weighted by Gasteiger charge is 2.22. The van der Waals surface area contributed by atoms with Crippen LogP contribution in [0.3, 0.4) is 0 Å². The first kappa shape index (κ1) is 19.7. The number of piperazine rings is 1. The minimum Gasteiger partial charge on any atom is -0.381 e. The largest absolute Gasteiger partial charge is 0.381 e. The third-order valence-electron chi connectivity index (χ3n) is 6.13. The van der Waals surface area contributed by atoms with Gasteiger partial charge in [0.1, 0.15) is 5.82 Å². The first-order valence-corrected chi connectivity index (χ1v) is 10.5. The molecular formula is C23H30N4O2. The van der Waals surface area contributed by atoms with Gasteiger partial charge in [-0.2, -0.15) is 0 Å². The number of amides is 1. The van der Waals surface area contributed by atoms with Crippen molar-refractivity contribution >= 4 is 23.1 Å². The summed E-state index contributed by atoms with van der Waals surface area (Å²) in [5.41, 5.74) is 4.80. The second-order valence-electron chi connectivity index (χ2n) is 7.97. The molecule has 0 aliphatic carbocycles. The van der Waals surface area contributed by atoms with Crippen molar-refractivity contribution in [3.63, 3.8) is 0 Å². The zero-order valence-corrected chi connectivity index (χ0v) is 17.4. The number of nitrogens with zero attached hydrogens (tertiary/aromatic N) is 3. The zero-order valence-electron chi connectivity index (χ0n) is 17.4. The molecule has 2 saturated heterocycles. The Morgan fingerprint density at radius 3 is 2.45 bits per heavy atom. The Morgan fingerprint density at radius 1 is 1.03 bits per heavy atom. The van der Waals surface area contributed by atoms with Crippen molar-refractivity contribution in [2.24, 2.45) is 5.92 Å². The van der Waals surface area contributed by atoms with Gasteiger partial charge in [-0.25, -0.2) is 4.98 Å². The van der Waals surface area contributed by atoms with E-state index in [1.54, 1.807) is 6.20 Å². The molecule has 2 aromatic rings. The zero-order chi connectivity index (χ0) is 20.2. The molecule has 6 heteroatoms. The molecule has 0 atom stereocenters. The third-order valence-corrected chi connectivity index (χ3v) is 6.13. The number of aromatic nitrogens is 1. The molecule has 4 rings (SSSR count). The molecule has 1 amide bonds. The van der Waals surface area contributed by atoms with Gasteiger partial charge in [-0.05, 0) is 56.0 Å². The molecule has 0 saturated carbocycles. The van der Waals surface area contributed by atoms with Crippen LogP contribution in [0.15, 0.2) is 36.5 Å². The molecule has 0 radical (unpaired) electrons. The van der Waals surface area contributed by atoms with Gasteiger partial charge in [-0.1, -0.05) is 12.1 Å². The summed E-state index contributed by atoms with van der Waals surface area (Å²) in [4.78, 5) is 21.7. The molecule has 29 heavy (non-hydrogen) atoms. The number of anilines is 3. The summed E-state index contributed by atoms with van der Waals surface area (Å²) in [5, 5.41) is 3.00. The maximum Gasteiger partial charge on any atom is 0.227 e. The third kappa shape index (κ3) is 4.53. The fourth-order valence-electron chi connectivity index (χ4n) is 4.11. The molecule has 1 N–H and O–H groups in total. The van der Waals surface area contributed by atoms with Crippen LogP contribution in [-0.4, -0.2) is 50.3 Å². The van der Waals surface area contributed by atoms with Gasteiger partial charge in [-0.3, -0.25) is 4.79 Å². The molecular weight excluding hydrogens is 364 g/mol. The average Bonchev–Trinajstić information content (AvgIpc) is 2.77. The number of benzene rings is 1. The summed E-state index contributed by atoms with van der Waals surface area (Å²) in [6, 6.07) is 10.5. The van der Waals surface area contributed by atoms with E-state index < -0.39 is 0 Å². The monoisotopic (exact) mass is 394 g/mol. The summed E-state index contributed by atoms with van der Waals surface area (Å²) in [6.45, 7) is 9.55. The minimum atomic E-state index is 0.0431. The van der Waals surface area contributed by atoms with Gasteiger partial charge in [0.05, 0.1) is 11.9 Å². The Bertz CT molecular complexity index is 838. The van der Waals surface area contributed by atoms with Crippen LogP contribution >= 0.6 is 0 Å². The first-order valence-electron chi connectivity index (χ1n) is 10.5.